The van der Waals surface area contributed by atoms with Crippen molar-refractivity contribution < 1.29 is 21.6 Å². The van der Waals surface area contributed by atoms with Crippen molar-refractivity contribution in [3.8, 4) is 16.9 Å². The second-order valence-electron chi connectivity index (χ2n) is 9.56. The Balaban J connectivity index is 1.63. The lowest BCUT2D eigenvalue weighted by Gasteiger charge is -2.18. The van der Waals surface area contributed by atoms with Gasteiger partial charge in [0.2, 0.25) is 0 Å². The van der Waals surface area contributed by atoms with E-state index in [1.807, 2.05) is 0 Å². The fraction of sp³-hybridized carbons (Fsp3) is 0.222. The first-order valence-electron chi connectivity index (χ1n) is 11.8. The summed E-state index contributed by atoms with van der Waals surface area (Å²) in [5.41, 5.74) is -1.43. The Morgan fingerprint density at radius 1 is 1.03 bits per heavy atom. The quantitative estimate of drug-likeness (QED) is 0.363. The molecular formula is C27H21ClF3N3O4S. The first kappa shape index (κ1) is 26.9. The van der Waals surface area contributed by atoms with Crippen LogP contribution in [0.2, 0.25) is 5.02 Å². The minimum Gasteiger partial charge on any atom is -0.327 e. The summed E-state index contributed by atoms with van der Waals surface area (Å²) in [6.07, 6.45) is 3.90. The third-order valence-corrected chi connectivity index (χ3v) is 8.39. The van der Waals surface area contributed by atoms with Gasteiger partial charge in [0.15, 0.2) is 27.3 Å². The van der Waals surface area contributed by atoms with Crippen LogP contribution < -0.4 is 11.1 Å². The molecule has 5 rings (SSSR count). The fourth-order valence-corrected chi connectivity index (χ4v) is 5.97. The second-order valence-corrected chi connectivity index (χ2v) is 11.9. The first-order valence-corrected chi connectivity index (χ1v) is 14.0. The maximum atomic E-state index is 16.0. The molecule has 1 aromatic carbocycles. The molecule has 202 valence electrons. The van der Waals surface area contributed by atoms with Gasteiger partial charge in [-0.2, -0.15) is 0 Å². The number of hydrogen-bond acceptors (Lipinski definition) is 5. The predicted molar refractivity (Wildman–Crippen MR) is 140 cm³/mol. The molecule has 7 nitrogen and oxygen atoms in total. The molecule has 0 saturated heterocycles. The molecule has 39 heavy (non-hydrogen) atoms. The number of rotatable bonds is 5. The van der Waals surface area contributed by atoms with Crippen molar-refractivity contribution in [2.75, 3.05) is 6.26 Å². The molecule has 1 aliphatic rings. The molecule has 3 aromatic heterocycles. The Morgan fingerprint density at radius 3 is 2.41 bits per heavy atom. The molecule has 0 amide bonds. The highest BCUT2D eigenvalue weighted by Gasteiger charge is 2.43. The number of sulfone groups is 1. The third kappa shape index (κ3) is 4.49. The Hall–Kier alpha value is -3.70. The zero-order chi connectivity index (χ0) is 28.4. The van der Waals surface area contributed by atoms with Gasteiger partial charge in [0.25, 0.3) is 11.1 Å². The highest BCUT2D eigenvalue weighted by atomic mass is 35.5. The van der Waals surface area contributed by atoms with Gasteiger partial charge >= 0.3 is 0 Å². The van der Waals surface area contributed by atoms with Crippen LogP contribution in [0.5, 0.6) is 0 Å². The van der Waals surface area contributed by atoms with Crippen LogP contribution in [0.15, 0.2) is 57.2 Å². The highest BCUT2D eigenvalue weighted by molar-refractivity contribution is 7.90. The monoisotopic (exact) mass is 575 g/mol. The number of benzene rings is 1. The van der Waals surface area contributed by atoms with E-state index in [0.717, 1.165) is 16.9 Å². The maximum Gasteiger partial charge on any atom is 0.284 e. The molecule has 0 bridgehead atoms. The second kappa shape index (κ2) is 9.49. The number of pyridine rings is 3. The van der Waals surface area contributed by atoms with Crippen molar-refractivity contribution in [1.29, 1.82) is 0 Å². The van der Waals surface area contributed by atoms with Crippen molar-refractivity contribution in [3.05, 3.63) is 108 Å². The SMILES string of the molecule is Cc1cnc(-c2cccc(S(C)(=O)=O)c2F)c(F)c1-n1c(C)cc([C@@H]2CC2c2cc[nH]c(=O)c2F)c(Cl)c1=O. The van der Waals surface area contributed by atoms with Crippen LogP contribution in [0, 0.1) is 31.3 Å². The van der Waals surface area contributed by atoms with Crippen molar-refractivity contribution in [3.63, 3.8) is 0 Å². The molecule has 0 aliphatic heterocycles. The summed E-state index contributed by atoms with van der Waals surface area (Å²) in [5, 5.41) is -0.194. The minimum absolute atomic E-state index is 0.194. The van der Waals surface area contributed by atoms with E-state index >= 15 is 8.78 Å². The normalized spacial score (nSPS) is 16.9. The molecule has 1 unspecified atom stereocenters. The van der Waals surface area contributed by atoms with Crippen molar-refractivity contribution >= 4 is 21.4 Å². The average Bonchev–Trinajstić information content (AvgIpc) is 3.65. The number of aromatic amines is 1. The average molecular weight is 576 g/mol. The molecule has 4 aromatic rings. The molecule has 0 spiro atoms. The number of H-pyrrole nitrogens is 1. The summed E-state index contributed by atoms with van der Waals surface area (Å²) in [5.74, 6) is -3.76. The minimum atomic E-state index is -3.94. The van der Waals surface area contributed by atoms with Crippen LogP contribution in [-0.2, 0) is 9.84 Å². The van der Waals surface area contributed by atoms with Gasteiger partial charge in [-0.25, -0.2) is 21.6 Å². The van der Waals surface area contributed by atoms with E-state index in [1.54, 1.807) is 13.0 Å². The van der Waals surface area contributed by atoms with E-state index in [2.05, 4.69) is 9.97 Å². The summed E-state index contributed by atoms with van der Waals surface area (Å²) in [4.78, 5) is 30.8. The number of aryl methyl sites for hydroxylation is 2. The van der Waals surface area contributed by atoms with Crippen LogP contribution >= 0.6 is 11.6 Å². The molecule has 1 fully saturated rings. The summed E-state index contributed by atoms with van der Waals surface area (Å²) in [6, 6.07) is 6.61. The van der Waals surface area contributed by atoms with E-state index in [0.29, 0.717) is 17.7 Å². The summed E-state index contributed by atoms with van der Waals surface area (Å²) in [7, 11) is -3.94. The Morgan fingerprint density at radius 2 is 1.72 bits per heavy atom. The topological polar surface area (TPSA) is 102 Å². The molecule has 0 radical (unpaired) electrons. The van der Waals surface area contributed by atoms with Gasteiger partial charge < -0.3 is 4.98 Å². The number of halogens is 4. The van der Waals surface area contributed by atoms with E-state index in [-0.39, 0.29) is 39.2 Å². The fourth-order valence-electron chi connectivity index (χ4n) is 4.93. The van der Waals surface area contributed by atoms with Crippen LogP contribution in [0.1, 0.15) is 40.6 Å². The van der Waals surface area contributed by atoms with E-state index in [4.69, 9.17) is 11.6 Å². The van der Waals surface area contributed by atoms with Gasteiger partial charge in [-0.15, -0.1) is 0 Å². The largest absolute Gasteiger partial charge is 0.327 e. The maximum absolute atomic E-state index is 16.0. The molecule has 1 saturated carbocycles. The molecule has 1 N–H and O–H groups in total. The van der Waals surface area contributed by atoms with E-state index in [9.17, 15) is 22.4 Å². The van der Waals surface area contributed by atoms with Gasteiger partial charge in [0.05, 0.1) is 5.69 Å². The first-order chi connectivity index (χ1) is 18.3. The van der Waals surface area contributed by atoms with E-state index < -0.39 is 49.0 Å². The zero-order valence-corrected chi connectivity index (χ0v) is 22.4. The number of aromatic nitrogens is 3. The zero-order valence-electron chi connectivity index (χ0n) is 20.9. The molecule has 2 atom stereocenters. The highest BCUT2D eigenvalue weighted by Crippen LogP contribution is 2.56. The number of nitrogens with one attached hydrogen (secondary N) is 1. The van der Waals surface area contributed by atoms with Crippen molar-refractivity contribution in [2.45, 2.75) is 37.0 Å². The van der Waals surface area contributed by atoms with Gasteiger partial charge in [0, 0.05) is 29.9 Å². The van der Waals surface area contributed by atoms with Crippen LogP contribution in [-0.4, -0.2) is 29.2 Å². The molecule has 12 heteroatoms. The van der Waals surface area contributed by atoms with E-state index in [1.165, 1.54) is 37.5 Å². The Labute approximate surface area is 225 Å². The van der Waals surface area contributed by atoms with Gasteiger partial charge in [-0.1, -0.05) is 17.7 Å². The van der Waals surface area contributed by atoms with Gasteiger partial charge in [0.1, 0.15) is 15.6 Å². The Kier molecular flexibility index (Phi) is 6.54. The van der Waals surface area contributed by atoms with Gasteiger partial charge in [-0.05, 0) is 73.1 Å². The number of nitrogens with zero attached hydrogens (tertiary/aromatic N) is 2. The van der Waals surface area contributed by atoms with Crippen molar-refractivity contribution in [1.82, 2.24) is 14.5 Å². The molecule has 1 aliphatic carbocycles. The lowest BCUT2D eigenvalue weighted by atomic mass is 10.0. The predicted octanol–water partition coefficient (Wildman–Crippen LogP) is 4.95. The van der Waals surface area contributed by atoms with Crippen LogP contribution in [0.25, 0.3) is 16.9 Å². The van der Waals surface area contributed by atoms with Crippen molar-refractivity contribution in [2.24, 2.45) is 0 Å². The molecular weight excluding hydrogens is 555 g/mol. The number of hydrogen-bond donors (Lipinski definition) is 1. The summed E-state index contributed by atoms with van der Waals surface area (Å²) < 4.78 is 70.5. The lowest BCUT2D eigenvalue weighted by molar-refractivity contribution is 0.569. The smallest absolute Gasteiger partial charge is 0.284 e. The van der Waals surface area contributed by atoms with Crippen LogP contribution in [0.4, 0.5) is 13.2 Å². The summed E-state index contributed by atoms with van der Waals surface area (Å²) >= 11 is 6.48. The lowest BCUT2D eigenvalue weighted by Crippen LogP contribution is -2.24. The Bertz CT molecular complexity index is 1900. The summed E-state index contributed by atoms with van der Waals surface area (Å²) in [6.45, 7) is 3.08. The standard InChI is InChI=1S/C27H21ClF3N3O4S/c1-12-11-33-24(15-5-4-6-19(21(15)29)39(3,37)38)23(31)25(12)34-13(2)9-18(20(28)27(34)36)17-10-16(17)14-7-8-32-26(35)22(14)30/h4-9,11,16-17H,10H2,1-3H3,(H,32,35)/t16?,17-/m1/s1. The van der Waals surface area contributed by atoms with Crippen LogP contribution in [0.3, 0.4) is 0 Å². The van der Waals surface area contributed by atoms with Gasteiger partial charge in [-0.3, -0.25) is 19.1 Å². The third-order valence-electron chi connectivity index (χ3n) is 6.90. The molecule has 3 heterocycles.